The summed E-state index contributed by atoms with van der Waals surface area (Å²) in [5, 5.41) is 6.44. The number of halogens is 1. The van der Waals surface area contributed by atoms with E-state index in [-0.39, 0.29) is 35.1 Å². The van der Waals surface area contributed by atoms with Gasteiger partial charge in [0.1, 0.15) is 10.5 Å². The van der Waals surface area contributed by atoms with Crippen LogP contribution in [0.25, 0.3) is 11.1 Å². The Hall–Kier alpha value is -3.18. The number of likely N-dealkylation sites (N-methyl/N-ethyl adjacent to an activating group) is 1. The van der Waals surface area contributed by atoms with Crippen LogP contribution < -0.4 is 10.0 Å². The van der Waals surface area contributed by atoms with Crippen LogP contribution >= 0.6 is 15.9 Å². The van der Waals surface area contributed by atoms with Gasteiger partial charge in [-0.3, -0.25) is 9.59 Å². The zero-order valence-electron chi connectivity index (χ0n) is 22.1. The molecule has 0 spiro atoms. The molecule has 38 heavy (non-hydrogen) atoms. The molecule has 0 aliphatic rings. The number of hydrogen-bond donors (Lipinski definition) is 2. The molecule has 2 amide bonds. The van der Waals surface area contributed by atoms with Gasteiger partial charge in [0.2, 0.25) is 11.8 Å². The SMILES string of the molecule is CCCC(=O)N(Cc1ccc(-c2ccccc2S(=O)(=O)Nc2onc(C)c2Br)cc1)C(C(=O)NC)C(C)C. The van der Waals surface area contributed by atoms with Crippen LogP contribution in [0, 0.1) is 12.8 Å². The van der Waals surface area contributed by atoms with Crippen LogP contribution in [0.15, 0.2) is 62.4 Å². The van der Waals surface area contributed by atoms with Crippen molar-refractivity contribution in [3.63, 3.8) is 0 Å². The van der Waals surface area contributed by atoms with Gasteiger partial charge < -0.3 is 14.7 Å². The lowest BCUT2D eigenvalue weighted by molar-refractivity contribution is -0.142. The maximum Gasteiger partial charge on any atom is 0.264 e. The van der Waals surface area contributed by atoms with Gasteiger partial charge in [0.15, 0.2) is 0 Å². The van der Waals surface area contributed by atoms with Crippen LogP contribution in [0.2, 0.25) is 0 Å². The number of aromatic nitrogens is 1. The highest BCUT2D eigenvalue weighted by molar-refractivity contribution is 9.10. The Bertz CT molecular complexity index is 1390. The number of amides is 2. The standard InChI is InChI=1S/C27H33BrN4O5S/c1-6-9-23(33)32(25(17(2)3)26(34)29-5)16-19-12-14-20(15-13-19)21-10-7-8-11-22(21)38(35,36)31-27-24(28)18(4)30-37-27/h7-8,10-15,17,25,31H,6,9,16H2,1-5H3,(H,29,34). The molecule has 0 aliphatic carbocycles. The summed E-state index contributed by atoms with van der Waals surface area (Å²) in [6, 6.07) is 13.4. The molecule has 1 heterocycles. The molecule has 0 saturated heterocycles. The van der Waals surface area contributed by atoms with Gasteiger partial charge in [0, 0.05) is 25.6 Å². The van der Waals surface area contributed by atoms with Crippen LogP contribution in [0.3, 0.4) is 0 Å². The molecule has 9 nitrogen and oxygen atoms in total. The van der Waals surface area contributed by atoms with E-state index in [1.54, 1.807) is 37.1 Å². The van der Waals surface area contributed by atoms with Crippen molar-refractivity contribution in [1.29, 1.82) is 0 Å². The number of carbonyl (C=O) groups excluding carboxylic acids is 2. The second-order valence-electron chi connectivity index (χ2n) is 9.28. The molecule has 1 unspecified atom stereocenters. The molecule has 0 fully saturated rings. The second kappa shape index (κ2) is 12.6. The number of carbonyl (C=O) groups is 2. The van der Waals surface area contributed by atoms with Crippen LogP contribution in [-0.2, 0) is 26.2 Å². The van der Waals surface area contributed by atoms with E-state index < -0.39 is 16.1 Å². The molecule has 1 atom stereocenters. The first kappa shape index (κ1) is 29.4. The lowest BCUT2D eigenvalue weighted by Crippen LogP contribution is -2.51. The van der Waals surface area contributed by atoms with Gasteiger partial charge in [0.05, 0.1) is 10.6 Å². The van der Waals surface area contributed by atoms with Crippen LogP contribution in [-0.4, -0.2) is 43.4 Å². The quantitative estimate of drug-likeness (QED) is 0.313. The highest BCUT2D eigenvalue weighted by Crippen LogP contribution is 2.32. The summed E-state index contributed by atoms with van der Waals surface area (Å²) in [5.41, 5.74) is 2.53. The van der Waals surface area contributed by atoms with Gasteiger partial charge in [-0.05, 0) is 52.4 Å². The van der Waals surface area contributed by atoms with Gasteiger partial charge in [-0.25, -0.2) is 13.1 Å². The summed E-state index contributed by atoms with van der Waals surface area (Å²) in [6.07, 6.45) is 1.02. The van der Waals surface area contributed by atoms with Crippen molar-refractivity contribution >= 4 is 43.7 Å². The summed E-state index contributed by atoms with van der Waals surface area (Å²) >= 11 is 3.28. The molecule has 0 bridgehead atoms. The topological polar surface area (TPSA) is 122 Å². The van der Waals surface area contributed by atoms with E-state index >= 15 is 0 Å². The highest BCUT2D eigenvalue weighted by atomic mass is 79.9. The van der Waals surface area contributed by atoms with Crippen molar-refractivity contribution in [3.05, 3.63) is 64.3 Å². The molecule has 2 aromatic carbocycles. The van der Waals surface area contributed by atoms with Crippen LogP contribution in [0.5, 0.6) is 0 Å². The van der Waals surface area contributed by atoms with E-state index in [9.17, 15) is 18.0 Å². The Morgan fingerprint density at radius 2 is 1.76 bits per heavy atom. The average molecular weight is 606 g/mol. The minimum atomic E-state index is -3.99. The molecule has 0 aliphatic heterocycles. The molecule has 1 aromatic heterocycles. The van der Waals surface area contributed by atoms with E-state index in [2.05, 4.69) is 31.1 Å². The van der Waals surface area contributed by atoms with Crippen molar-refractivity contribution in [1.82, 2.24) is 15.4 Å². The number of nitrogens with one attached hydrogen (secondary N) is 2. The number of aryl methyl sites for hydroxylation is 1. The summed E-state index contributed by atoms with van der Waals surface area (Å²) in [7, 11) is -2.43. The molecular weight excluding hydrogens is 572 g/mol. The monoisotopic (exact) mass is 604 g/mol. The zero-order valence-corrected chi connectivity index (χ0v) is 24.5. The van der Waals surface area contributed by atoms with E-state index in [1.165, 1.54) is 6.07 Å². The van der Waals surface area contributed by atoms with E-state index in [4.69, 9.17) is 4.52 Å². The number of sulfonamides is 1. The van der Waals surface area contributed by atoms with E-state index in [1.807, 2.05) is 45.0 Å². The first-order chi connectivity index (χ1) is 18.0. The van der Waals surface area contributed by atoms with Crippen molar-refractivity contribution in [3.8, 4) is 11.1 Å². The molecular formula is C27H33BrN4O5S. The summed E-state index contributed by atoms with van der Waals surface area (Å²) < 4.78 is 34.5. The molecule has 0 radical (unpaired) electrons. The van der Waals surface area contributed by atoms with Gasteiger partial charge in [0.25, 0.3) is 15.9 Å². The first-order valence-corrected chi connectivity index (χ1v) is 14.6. The third kappa shape index (κ3) is 6.63. The van der Waals surface area contributed by atoms with Crippen molar-refractivity contribution in [2.24, 2.45) is 5.92 Å². The van der Waals surface area contributed by atoms with Gasteiger partial charge in [-0.15, -0.1) is 0 Å². The summed E-state index contributed by atoms with van der Waals surface area (Å²) in [4.78, 5) is 27.3. The number of benzene rings is 2. The fourth-order valence-electron chi connectivity index (χ4n) is 4.18. The fourth-order valence-corrected chi connectivity index (χ4v) is 5.78. The zero-order chi connectivity index (χ0) is 28.0. The number of nitrogens with zero attached hydrogens (tertiary/aromatic N) is 2. The lowest BCUT2D eigenvalue weighted by atomic mass is 9.99. The smallest absolute Gasteiger partial charge is 0.264 e. The third-order valence-corrected chi connectivity index (χ3v) is 8.40. The van der Waals surface area contributed by atoms with E-state index in [0.717, 1.165) is 5.56 Å². The second-order valence-corrected chi connectivity index (χ2v) is 11.7. The lowest BCUT2D eigenvalue weighted by Gasteiger charge is -2.33. The maximum absolute atomic E-state index is 13.2. The Labute approximate surface area is 232 Å². The maximum atomic E-state index is 13.2. The number of hydrogen-bond acceptors (Lipinski definition) is 6. The molecule has 204 valence electrons. The van der Waals surface area contributed by atoms with Crippen molar-refractivity contribution in [2.75, 3.05) is 11.8 Å². The molecule has 3 aromatic rings. The Morgan fingerprint density at radius 1 is 1.11 bits per heavy atom. The van der Waals surface area contributed by atoms with Gasteiger partial charge in [-0.1, -0.05) is 68.4 Å². The molecule has 11 heteroatoms. The number of anilines is 1. The molecule has 3 rings (SSSR count). The predicted octanol–water partition coefficient (Wildman–Crippen LogP) is 5.11. The fraction of sp³-hybridized carbons (Fsp3) is 0.370. The van der Waals surface area contributed by atoms with E-state index in [0.29, 0.717) is 34.1 Å². The molecule has 0 saturated carbocycles. The first-order valence-electron chi connectivity index (χ1n) is 12.3. The van der Waals surface area contributed by atoms with Crippen molar-refractivity contribution in [2.45, 2.75) is 58.0 Å². The summed E-state index contributed by atoms with van der Waals surface area (Å²) in [6.45, 7) is 7.71. The van der Waals surface area contributed by atoms with Crippen LogP contribution in [0.1, 0.15) is 44.9 Å². The number of rotatable bonds is 11. The Morgan fingerprint density at radius 3 is 2.32 bits per heavy atom. The third-order valence-electron chi connectivity index (χ3n) is 6.08. The van der Waals surface area contributed by atoms with Crippen molar-refractivity contribution < 1.29 is 22.5 Å². The van der Waals surface area contributed by atoms with Gasteiger partial charge >= 0.3 is 0 Å². The average Bonchev–Trinajstić information content (AvgIpc) is 3.20. The minimum Gasteiger partial charge on any atom is -0.357 e. The minimum absolute atomic E-state index is 0.000289. The normalized spacial score (nSPS) is 12.3. The summed E-state index contributed by atoms with van der Waals surface area (Å²) in [5.74, 6) is -0.371. The highest BCUT2D eigenvalue weighted by Gasteiger charge is 2.31. The van der Waals surface area contributed by atoms with Gasteiger partial charge in [-0.2, -0.15) is 0 Å². The Balaban J connectivity index is 1.92. The Kier molecular flexibility index (Phi) is 9.72. The molecule has 2 N–H and O–H groups in total. The predicted molar refractivity (Wildman–Crippen MR) is 150 cm³/mol. The largest absolute Gasteiger partial charge is 0.357 e. The van der Waals surface area contributed by atoms with Crippen LogP contribution in [0.4, 0.5) is 5.88 Å².